The van der Waals surface area contributed by atoms with Crippen LogP contribution in [0.15, 0.2) is 54.5 Å². The highest BCUT2D eigenvalue weighted by Crippen LogP contribution is 2.44. The van der Waals surface area contributed by atoms with E-state index in [0.29, 0.717) is 13.0 Å². The van der Waals surface area contributed by atoms with Crippen molar-refractivity contribution in [3.63, 3.8) is 0 Å². The average Bonchev–Trinajstić information content (AvgIpc) is 3.11. The largest absolute Gasteiger partial charge is 0.490 e. The van der Waals surface area contributed by atoms with Gasteiger partial charge in [-0.1, -0.05) is 63.3 Å². The molecule has 1 fully saturated rings. The van der Waals surface area contributed by atoms with Crippen LogP contribution in [0.4, 0.5) is 0 Å². The van der Waals surface area contributed by atoms with E-state index in [9.17, 15) is 9.59 Å². The van der Waals surface area contributed by atoms with Crippen molar-refractivity contribution in [2.45, 2.75) is 104 Å². The van der Waals surface area contributed by atoms with E-state index in [1.165, 1.54) is 0 Å². The van der Waals surface area contributed by atoms with Gasteiger partial charge in [0.15, 0.2) is 14.2 Å². The molecule has 0 N–H and O–H groups in total. The van der Waals surface area contributed by atoms with Crippen LogP contribution >= 0.6 is 0 Å². The van der Waals surface area contributed by atoms with Gasteiger partial charge >= 0.3 is 19.1 Å². The van der Waals surface area contributed by atoms with Gasteiger partial charge in [-0.15, -0.1) is 6.58 Å². The van der Waals surface area contributed by atoms with Crippen LogP contribution in [0.1, 0.15) is 80.2 Å². The average molecular weight is 601 g/mol. The number of hydrogen-bond donors (Lipinski definition) is 0. The SMILES string of the molecule is C=C(B1OC(C)(C)C(C)(C)O1)[C@H](CCO[Si](C)(C)C(C)(C)C)[C@@H](/C=C/C(C(=O)OCC)C(=O)OCC)c1ccccc1. The molecule has 1 saturated heterocycles. The first-order valence-electron chi connectivity index (χ1n) is 15.1. The van der Waals surface area contributed by atoms with E-state index in [1.54, 1.807) is 19.9 Å². The van der Waals surface area contributed by atoms with Gasteiger partial charge in [-0.05, 0) is 83.0 Å². The van der Waals surface area contributed by atoms with Crippen molar-refractivity contribution in [3.8, 4) is 0 Å². The number of carbonyl (C=O) groups excluding carboxylic acids is 2. The quantitative estimate of drug-likeness (QED) is 0.0961. The summed E-state index contributed by atoms with van der Waals surface area (Å²) in [5.74, 6) is -2.89. The molecule has 1 heterocycles. The fourth-order valence-electron chi connectivity index (χ4n) is 4.52. The topological polar surface area (TPSA) is 80.3 Å². The number of allylic oxidation sites excluding steroid dienone is 2. The summed E-state index contributed by atoms with van der Waals surface area (Å²) in [6.45, 7) is 28.0. The maximum atomic E-state index is 12.8. The van der Waals surface area contributed by atoms with Crippen LogP contribution in [0.2, 0.25) is 18.1 Å². The number of benzene rings is 1. The second kappa shape index (κ2) is 14.5. The number of esters is 2. The zero-order chi connectivity index (χ0) is 31.9. The lowest BCUT2D eigenvalue weighted by Gasteiger charge is -2.37. The Balaban J connectivity index is 2.56. The van der Waals surface area contributed by atoms with Crippen molar-refractivity contribution in [1.29, 1.82) is 0 Å². The Morgan fingerprint density at radius 2 is 1.45 bits per heavy atom. The third-order valence-corrected chi connectivity index (χ3v) is 13.5. The molecule has 2 rings (SSSR count). The first-order valence-corrected chi connectivity index (χ1v) is 18.0. The smallest absolute Gasteiger partial charge is 0.465 e. The molecule has 0 aliphatic carbocycles. The predicted octanol–water partition coefficient (Wildman–Crippen LogP) is 7.28. The molecule has 1 aliphatic rings. The molecule has 234 valence electrons. The van der Waals surface area contributed by atoms with Crippen LogP contribution in [0, 0.1) is 11.8 Å². The van der Waals surface area contributed by atoms with Crippen molar-refractivity contribution in [2.75, 3.05) is 19.8 Å². The van der Waals surface area contributed by atoms with Crippen LogP contribution < -0.4 is 0 Å². The van der Waals surface area contributed by atoms with Gasteiger partial charge < -0.3 is 23.2 Å². The van der Waals surface area contributed by atoms with E-state index >= 15 is 0 Å². The molecule has 1 aromatic rings. The molecule has 0 aromatic heterocycles. The molecule has 0 spiro atoms. The second-order valence-corrected chi connectivity index (χ2v) is 18.3. The summed E-state index contributed by atoms with van der Waals surface area (Å²) >= 11 is 0. The van der Waals surface area contributed by atoms with E-state index in [2.05, 4.69) is 40.4 Å². The first-order chi connectivity index (χ1) is 19.4. The Kier molecular flexibility index (Phi) is 12.4. The van der Waals surface area contributed by atoms with Gasteiger partial charge in [0.05, 0.1) is 24.4 Å². The van der Waals surface area contributed by atoms with Crippen LogP contribution in [0.3, 0.4) is 0 Å². The summed E-state index contributed by atoms with van der Waals surface area (Å²) < 4.78 is 29.9. The molecular weight excluding hydrogens is 547 g/mol. The summed E-state index contributed by atoms with van der Waals surface area (Å²) in [5, 5.41) is 0.0659. The van der Waals surface area contributed by atoms with Gasteiger partial charge in [-0.3, -0.25) is 9.59 Å². The van der Waals surface area contributed by atoms with E-state index in [-0.39, 0.29) is 30.1 Å². The third kappa shape index (κ3) is 8.91. The zero-order valence-corrected chi connectivity index (χ0v) is 28.7. The predicted molar refractivity (Wildman–Crippen MR) is 172 cm³/mol. The molecule has 0 radical (unpaired) electrons. The summed E-state index contributed by atoms with van der Waals surface area (Å²) in [6.07, 6.45) is 4.15. The lowest BCUT2D eigenvalue weighted by molar-refractivity contribution is -0.158. The molecule has 7 nitrogen and oxygen atoms in total. The van der Waals surface area contributed by atoms with Crippen LogP contribution in [0.5, 0.6) is 0 Å². The molecule has 1 aromatic carbocycles. The van der Waals surface area contributed by atoms with E-state index in [4.69, 9.17) is 23.2 Å². The minimum Gasteiger partial charge on any atom is -0.465 e. The summed E-state index contributed by atoms with van der Waals surface area (Å²) in [4.78, 5) is 25.6. The molecule has 0 bridgehead atoms. The van der Waals surface area contributed by atoms with Crippen molar-refractivity contribution in [1.82, 2.24) is 0 Å². The molecule has 2 atom stereocenters. The number of ether oxygens (including phenoxy) is 2. The number of rotatable bonds is 14. The molecule has 0 saturated carbocycles. The maximum absolute atomic E-state index is 12.8. The van der Waals surface area contributed by atoms with Gasteiger partial charge in [0.2, 0.25) is 0 Å². The standard InChI is InChI=1S/C33H53BO7Si/c1-13-37-29(35)28(30(36)38-14-2)21-20-27(25-18-16-15-17-19-25)26(22-23-39-42(11,12)31(4,5)6)24(3)34-40-32(7,8)33(9,10)41-34/h15-21,26-28H,3,13-14,22-23H2,1-2,4-12H3/b21-20+/t26-,27-/m0/s1. The minimum atomic E-state index is -2.02. The van der Waals surface area contributed by atoms with E-state index in [1.807, 2.05) is 64.1 Å². The van der Waals surface area contributed by atoms with Crippen LogP contribution in [-0.4, -0.2) is 58.4 Å². The summed E-state index contributed by atoms with van der Waals surface area (Å²) in [5.41, 5.74) is 0.740. The molecule has 0 amide bonds. The monoisotopic (exact) mass is 600 g/mol. The van der Waals surface area contributed by atoms with Crippen molar-refractivity contribution >= 4 is 27.4 Å². The highest BCUT2D eigenvalue weighted by Gasteiger charge is 2.53. The molecule has 9 heteroatoms. The fraction of sp³-hybridized carbons (Fsp3) is 0.636. The van der Waals surface area contributed by atoms with Gasteiger partial charge in [-0.2, -0.15) is 0 Å². The molecule has 42 heavy (non-hydrogen) atoms. The van der Waals surface area contributed by atoms with Crippen molar-refractivity contribution < 1.29 is 32.8 Å². The maximum Gasteiger partial charge on any atom is 0.490 e. The van der Waals surface area contributed by atoms with Crippen LogP contribution in [0.25, 0.3) is 0 Å². The third-order valence-electron chi connectivity index (χ3n) is 8.94. The highest BCUT2D eigenvalue weighted by atomic mass is 28.4. The van der Waals surface area contributed by atoms with Gasteiger partial charge in [0.25, 0.3) is 0 Å². The Morgan fingerprint density at radius 3 is 1.90 bits per heavy atom. The summed E-state index contributed by atoms with van der Waals surface area (Å²) in [6, 6.07) is 10.00. The molecule has 0 unspecified atom stereocenters. The Hall–Kier alpha value is -2.20. The first kappa shape index (κ1) is 36.0. The normalized spacial score (nSPS) is 18.2. The molecular formula is C33H53BO7Si. The van der Waals surface area contributed by atoms with E-state index in [0.717, 1.165) is 11.0 Å². The Labute approximate surface area is 255 Å². The lowest BCUT2D eigenvalue weighted by atomic mass is 9.65. The second-order valence-electron chi connectivity index (χ2n) is 13.5. The number of hydrogen-bond acceptors (Lipinski definition) is 7. The zero-order valence-electron chi connectivity index (χ0n) is 27.7. The fourth-order valence-corrected chi connectivity index (χ4v) is 5.58. The van der Waals surface area contributed by atoms with Gasteiger partial charge in [0.1, 0.15) is 0 Å². The number of carbonyl (C=O) groups is 2. The minimum absolute atomic E-state index is 0.0659. The summed E-state index contributed by atoms with van der Waals surface area (Å²) in [7, 11) is -2.64. The lowest BCUT2D eigenvalue weighted by Crippen LogP contribution is -2.41. The molecule has 1 aliphatic heterocycles. The highest BCUT2D eigenvalue weighted by molar-refractivity contribution is 6.74. The van der Waals surface area contributed by atoms with E-state index < -0.39 is 44.5 Å². The van der Waals surface area contributed by atoms with Crippen molar-refractivity contribution in [3.05, 3.63) is 60.1 Å². The van der Waals surface area contributed by atoms with Gasteiger partial charge in [0, 0.05) is 12.5 Å². The Morgan fingerprint density at radius 1 is 0.952 bits per heavy atom. The Bertz CT molecular complexity index is 1060. The van der Waals surface area contributed by atoms with Gasteiger partial charge in [-0.25, -0.2) is 0 Å². The van der Waals surface area contributed by atoms with Crippen LogP contribution in [-0.2, 0) is 32.8 Å². The van der Waals surface area contributed by atoms with Crippen molar-refractivity contribution in [2.24, 2.45) is 11.8 Å².